The Hall–Kier alpha value is -1.84. The average Bonchev–Trinajstić information content (AvgIpc) is 2.88. The number of hydrogen-bond acceptors (Lipinski definition) is 3. The van der Waals surface area contributed by atoms with Gasteiger partial charge in [0.05, 0.1) is 11.7 Å². The standard InChI is InChI=1S/C15H22N4/c1-3-14(4-2)19-11-9-13(18-19)8-7-12-6-5-10-17-15(12)16/h5-6,9-11,14H,3-4,7-8H2,1-2H3,(H2,16,17). The highest BCUT2D eigenvalue weighted by Gasteiger charge is 2.08. The lowest BCUT2D eigenvalue weighted by molar-refractivity contribution is 0.425. The number of nitrogens with zero attached hydrogens (tertiary/aromatic N) is 3. The van der Waals surface area contributed by atoms with Crippen molar-refractivity contribution < 1.29 is 0 Å². The van der Waals surface area contributed by atoms with Gasteiger partial charge in [0.1, 0.15) is 5.82 Å². The summed E-state index contributed by atoms with van der Waals surface area (Å²) in [5.74, 6) is 0.627. The van der Waals surface area contributed by atoms with Crippen LogP contribution >= 0.6 is 0 Å². The van der Waals surface area contributed by atoms with Crippen LogP contribution in [0, 0.1) is 0 Å². The zero-order valence-corrected chi connectivity index (χ0v) is 11.7. The second kappa shape index (κ2) is 6.36. The van der Waals surface area contributed by atoms with E-state index in [-0.39, 0.29) is 0 Å². The van der Waals surface area contributed by atoms with Crippen molar-refractivity contribution in [3.63, 3.8) is 0 Å². The molecule has 4 heteroatoms. The summed E-state index contributed by atoms with van der Waals surface area (Å²) in [6.45, 7) is 4.40. The summed E-state index contributed by atoms with van der Waals surface area (Å²) < 4.78 is 2.09. The molecular weight excluding hydrogens is 236 g/mol. The molecule has 2 rings (SSSR count). The van der Waals surface area contributed by atoms with E-state index >= 15 is 0 Å². The van der Waals surface area contributed by atoms with Crippen molar-refractivity contribution in [1.29, 1.82) is 0 Å². The smallest absolute Gasteiger partial charge is 0.126 e. The number of nitrogen functional groups attached to an aromatic ring is 1. The first-order chi connectivity index (χ1) is 9.24. The van der Waals surface area contributed by atoms with Gasteiger partial charge in [0.2, 0.25) is 0 Å². The lowest BCUT2D eigenvalue weighted by Crippen LogP contribution is -2.08. The zero-order valence-electron chi connectivity index (χ0n) is 11.7. The van der Waals surface area contributed by atoms with Gasteiger partial charge in [-0.05, 0) is 43.4 Å². The number of hydrogen-bond donors (Lipinski definition) is 1. The lowest BCUT2D eigenvalue weighted by atomic mass is 10.1. The van der Waals surface area contributed by atoms with Gasteiger partial charge in [-0.15, -0.1) is 0 Å². The van der Waals surface area contributed by atoms with E-state index in [1.54, 1.807) is 6.20 Å². The van der Waals surface area contributed by atoms with Gasteiger partial charge in [-0.3, -0.25) is 4.68 Å². The van der Waals surface area contributed by atoms with Gasteiger partial charge in [-0.2, -0.15) is 5.10 Å². The monoisotopic (exact) mass is 258 g/mol. The van der Waals surface area contributed by atoms with E-state index in [9.17, 15) is 0 Å². The quantitative estimate of drug-likeness (QED) is 0.866. The number of anilines is 1. The second-order valence-corrected chi connectivity index (χ2v) is 4.81. The van der Waals surface area contributed by atoms with E-state index in [1.165, 1.54) is 0 Å². The average molecular weight is 258 g/mol. The Bertz CT molecular complexity index is 514. The van der Waals surface area contributed by atoms with E-state index in [1.807, 2.05) is 12.1 Å². The van der Waals surface area contributed by atoms with Crippen LogP contribution in [0.1, 0.15) is 44.0 Å². The van der Waals surface area contributed by atoms with Crippen LogP contribution in [0.5, 0.6) is 0 Å². The molecule has 0 saturated heterocycles. The Morgan fingerprint density at radius 2 is 2.00 bits per heavy atom. The van der Waals surface area contributed by atoms with Crippen molar-refractivity contribution in [3.05, 3.63) is 41.9 Å². The first kappa shape index (κ1) is 13.6. The number of aryl methyl sites for hydroxylation is 2. The van der Waals surface area contributed by atoms with E-state index in [4.69, 9.17) is 5.73 Å². The summed E-state index contributed by atoms with van der Waals surface area (Å²) >= 11 is 0. The van der Waals surface area contributed by atoms with E-state index in [0.717, 1.165) is 36.9 Å². The van der Waals surface area contributed by atoms with Crippen molar-refractivity contribution in [2.24, 2.45) is 0 Å². The van der Waals surface area contributed by atoms with Crippen molar-refractivity contribution >= 4 is 5.82 Å². The van der Waals surface area contributed by atoms with Crippen molar-refractivity contribution in [3.8, 4) is 0 Å². The van der Waals surface area contributed by atoms with Crippen LogP contribution in [-0.4, -0.2) is 14.8 Å². The van der Waals surface area contributed by atoms with E-state index in [2.05, 4.69) is 40.9 Å². The minimum atomic E-state index is 0.511. The third-order valence-corrected chi connectivity index (χ3v) is 3.56. The lowest BCUT2D eigenvalue weighted by Gasteiger charge is -2.12. The summed E-state index contributed by atoms with van der Waals surface area (Å²) in [5.41, 5.74) is 8.06. The Labute approximate surface area is 114 Å². The molecular formula is C15H22N4. The van der Waals surface area contributed by atoms with Gasteiger partial charge >= 0.3 is 0 Å². The predicted molar refractivity (Wildman–Crippen MR) is 77.9 cm³/mol. The van der Waals surface area contributed by atoms with Crippen molar-refractivity contribution in [1.82, 2.24) is 14.8 Å². The third kappa shape index (κ3) is 3.34. The second-order valence-electron chi connectivity index (χ2n) is 4.81. The first-order valence-corrected chi connectivity index (χ1v) is 6.98. The molecule has 0 bridgehead atoms. The summed E-state index contributed by atoms with van der Waals surface area (Å²) in [6, 6.07) is 6.57. The number of pyridine rings is 1. The van der Waals surface area contributed by atoms with Crippen molar-refractivity contribution in [2.45, 2.75) is 45.6 Å². The van der Waals surface area contributed by atoms with Gasteiger partial charge in [0, 0.05) is 12.4 Å². The van der Waals surface area contributed by atoms with Crippen LogP contribution in [0.4, 0.5) is 5.82 Å². The molecule has 0 atom stereocenters. The minimum absolute atomic E-state index is 0.511. The summed E-state index contributed by atoms with van der Waals surface area (Å²) in [7, 11) is 0. The van der Waals surface area contributed by atoms with Crippen LogP contribution in [0.15, 0.2) is 30.6 Å². The largest absolute Gasteiger partial charge is 0.383 e. The van der Waals surface area contributed by atoms with E-state index < -0.39 is 0 Å². The van der Waals surface area contributed by atoms with Gasteiger partial charge < -0.3 is 5.73 Å². The van der Waals surface area contributed by atoms with Crippen LogP contribution in [-0.2, 0) is 12.8 Å². The molecule has 0 aromatic carbocycles. The van der Waals surface area contributed by atoms with Gasteiger partial charge in [0.25, 0.3) is 0 Å². The normalized spacial score (nSPS) is 11.1. The summed E-state index contributed by atoms with van der Waals surface area (Å²) in [4.78, 5) is 4.10. The van der Waals surface area contributed by atoms with E-state index in [0.29, 0.717) is 11.9 Å². The molecule has 0 fully saturated rings. The molecule has 2 aromatic heterocycles. The fourth-order valence-corrected chi connectivity index (χ4v) is 2.30. The first-order valence-electron chi connectivity index (χ1n) is 6.98. The molecule has 19 heavy (non-hydrogen) atoms. The Morgan fingerprint density at radius 1 is 1.21 bits per heavy atom. The van der Waals surface area contributed by atoms with Crippen LogP contribution in [0.25, 0.3) is 0 Å². The molecule has 2 aromatic rings. The highest BCUT2D eigenvalue weighted by Crippen LogP contribution is 2.16. The maximum absolute atomic E-state index is 5.84. The van der Waals surface area contributed by atoms with Gasteiger partial charge in [-0.1, -0.05) is 19.9 Å². The molecule has 0 aliphatic rings. The molecule has 0 amide bonds. The summed E-state index contributed by atoms with van der Waals surface area (Å²) in [6.07, 6.45) is 7.84. The van der Waals surface area contributed by atoms with Crippen LogP contribution in [0.2, 0.25) is 0 Å². The molecule has 0 radical (unpaired) electrons. The number of aromatic nitrogens is 3. The SMILES string of the molecule is CCC(CC)n1ccc(CCc2cccnc2N)n1. The number of nitrogens with two attached hydrogens (primary N) is 1. The molecule has 0 spiro atoms. The molecule has 4 nitrogen and oxygen atoms in total. The van der Waals surface area contributed by atoms with Crippen molar-refractivity contribution in [2.75, 3.05) is 5.73 Å². The highest BCUT2D eigenvalue weighted by atomic mass is 15.3. The predicted octanol–water partition coefficient (Wildman–Crippen LogP) is 3.01. The fraction of sp³-hybridized carbons (Fsp3) is 0.467. The molecule has 0 aliphatic carbocycles. The maximum atomic E-state index is 5.84. The van der Waals surface area contributed by atoms with Gasteiger partial charge in [0.15, 0.2) is 0 Å². The summed E-state index contributed by atoms with van der Waals surface area (Å²) in [5, 5.41) is 4.65. The molecule has 2 N–H and O–H groups in total. The third-order valence-electron chi connectivity index (χ3n) is 3.56. The highest BCUT2D eigenvalue weighted by molar-refractivity contribution is 5.38. The maximum Gasteiger partial charge on any atom is 0.126 e. The molecule has 0 aliphatic heterocycles. The van der Waals surface area contributed by atoms with Gasteiger partial charge in [-0.25, -0.2) is 4.98 Å². The van der Waals surface area contributed by atoms with Crippen LogP contribution in [0.3, 0.4) is 0 Å². The molecule has 102 valence electrons. The molecule has 0 unspecified atom stereocenters. The Kier molecular flexibility index (Phi) is 4.55. The Morgan fingerprint density at radius 3 is 2.68 bits per heavy atom. The topological polar surface area (TPSA) is 56.7 Å². The Balaban J connectivity index is 1.99. The fourth-order valence-electron chi connectivity index (χ4n) is 2.30. The zero-order chi connectivity index (χ0) is 13.7. The molecule has 0 saturated carbocycles. The van der Waals surface area contributed by atoms with Crippen LogP contribution < -0.4 is 5.73 Å². The number of rotatable bonds is 6. The minimum Gasteiger partial charge on any atom is -0.383 e. The molecule has 2 heterocycles.